The van der Waals surface area contributed by atoms with E-state index in [2.05, 4.69) is 17.6 Å². The third-order valence-electron chi connectivity index (χ3n) is 4.37. The maximum atomic E-state index is 12.0. The van der Waals surface area contributed by atoms with Crippen molar-refractivity contribution in [2.24, 2.45) is 17.8 Å². The zero-order valence-corrected chi connectivity index (χ0v) is 12.2. The van der Waals surface area contributed by atoms with Gasteiger partial charge in [-0.25, -0.2) is 0 Å². The second-order valence-corrected chi connectivity index (χ2v) is 5.91. The van der Waals surface area contributed by atoms with Crippen molar-refractivity contribution in [3.8, 4) is 0 Å². The van der Waals surface area contributed by atoms with Gasteiger partial charge in [-0.3, -0.25) is 4.79 Å². The maximum Gasteiger partial charge on any atom is 0.224 e. The Balaban J connectivity index is 0.00000162. The second-order valence-electron chi connectivity index (χ2n) is 5.91. The number of rotatable bonds is 3. The summed E-state index contributed by atoms with van der Waals surface area (Å²) < 4.78 is 0. The number of carbonyl (C=O) groups is 1. The Morgan fingerprint density at radius 1 is 1.22 bits per heavy atom. The van der Waals surface area contributed by atoms with Gasteiger partial charge in [-0.05, 0) is 44.1 Å². The van der Waals surface area contributed by atoms with E-state index in [0.29, 0.717) is 0 Å². The third-order valence-corrected chi connectivity index (χ3v) is 4.37. The van der Waals surface area contributed by atoms with Gasteiger partial charge in [0, 0.05) is 13.1 Å². The van der Waals surface area contributed by atoms with Crippen molar-refractivity contribution in [3.63, 3.8) is 0 Å². The molecule has 0 spiro atoms. The molecule has 1 aliphatic carbocycles. The smallest absolute Gasteiger partial charge is 0.224 e. The Labute approximate surface area is 117 Å². The van der Waals surface area contributed by atoms with Crippen LogP contribution in [0.3, 0.4) is 0 Å². The predicted molar refractivity (Wildman–Crippen MR) is 77.0 cm³/mol. The van der Waals surface area contributed by atoms with Gasteiger partial charge in [0.2, 0.25) is 5.91 Å². The number of piperidine rings is 1. The minimum Gasteiger partial charge on any atom is -0.356 e. The lowest BCUT2D eigenvalue weighted by Gasteiger charge is -2.27. The summed E-state index contributed by atoms with van der Waals surface area (Å²) in [5.74, 6) is 2.11. The van der Waals surface area contributed by atoms with Gasteiger partial charge in [0.05, 0.1) is 5.92 Å². The molecule has 18 heavy (non-hydrogen) atoms. The van der Waals surface area contributed by atoms with Crippen LogP contribution in [0.15, 0.2) is 0 Å². The van der Waals surface area contributed by atoms with Crippen molar-refractivity contribution >= 4 is 18.3 Å². The largest absolute Gasteiger partial charge is 0.356 e. The molecule has 1 heterocycles. The fourth-order valence-corrected chi connectivity index (χ4v) is 3.00. The molecule has 2 N–H and O–H groups in total. The summed E-state index contributed by atoms with van der Waals surface area (Å²) in [6.45, 7) is 5.18. The van der Waals surface area contributed by atoms with Gasteiger partial charge < -0.3 is 10.6 Å². The van der Waals surface area contributed by atoms with Gasteiger partial charge >= 0.3 is 0 Å². The molecule has 2 rings (SSSR count). The van der Waals surface area contributed by atoms with Crippen LogP contribution >= 0.6 is 12.4 Å². The molecule has 1 saturated heterocycles. The molecule has 0 aromatic heterocycles. The van der Waals surface area contributed by atoms with Crippen LogP contribution in [0.4, 0.5) is 0 Å². The summed E-state index contributed by atoms with van der Waals surface area (Å²) in [6.07, 6.45) is 7.46. The molecule has 2 fully saturated rings. The standard InChI is InChI=1S/C14H26N2O.ClH/c1-11-4-6-12(7-5-11)9-16-14(17)13-3-2-8-15-10-13;/h11-13,15H,2-10H2,1H3,(H,16,17);1H/t11?,12?,13-;/m1./s1. The van der Waals surface area contributed by atoms with Crippen molar-refractivity contribution in [1.82, 2.24) is 10.6 Å². The van der Waals surface area contributed by atoms with E-state index in [0.717, 1.165) is 44.3 Å². The molecule has 1 aliphatic heterocycles. The summed E-state index contributed by atoms with van der Waals surface area (Å²) >= 11 is 0. The van der Waals surface area contributed by atoms with Crippen LogP contribution in [0.5, 0.6) is 0 Å². The Morgan fingerprint density at radius 3 is 2.56 bits per heavy atom. The molecular formula is C14H27ClN2O. The average Bonchev–Trinajstić information content (AvgIpc) is 2.39. The van der Waals surface area contributed by atoms with Gasteiger partial charge in [-0.15, -0.1) is 12.4 Å². The molecule has 0 unspecified atom stereocenters. The van der Waals surface area contributed by atoms with Gasteiger partial charge in [-0.1, -0.05) is 19.8 Å². The van der Waals surface area contributed by atoms with Gasteiger partial charge in [0.25, 0.3) is 0 Å². The number of hydrogen-bond donors (Lipinski definition) is 2. The molecule has 0 aromatic rings. The van der Waals surface area contributed by atoms with Crippen molar-refractivity contribution in [2.75, 3.05) is 19.6 Å². The number of carbonyl (C=O) groups excluding carboxylic acids is 1. The summed E-state index contributed by atoms with van der Waals surface area (Å²) in [6, 6.07) is 0. The quantitative estimate of drug-likeness (QED) is 0.830. The van der Waals surface area contributed by atoms with E-state index >= 15 is 0 Å². The highest BCUT2D eigenvalue weighted by Gasteiger charge is 2.23. The van der Waals surface area contributed by atoms with Crippen molar-refractivity contribution in [3.05, 3.63) is 0 Å². The highest BCUT2D eigenvalue weighted by molar-refractivity contribution is 5.85. The van der Waals surface area contributed by atoms with Crippen molar-refractivity contribution in [2.45, 2.75) is 45.4 Å². The predicted octanol–water partition coefficient (Wildman–Crippen LogP) is 2.35. The van der Waals surface area contributed by atoms with Crippen molar-refractivity contribution in [1.29, 1.82) is 0 Å². The SMILES string of the molecule is CC1CCC(CNC(=O)[C@@H]2CCCNC2)CC1.Cl. The lowest BCUT2D eigenvalue weighted by atomic mass is 9.83. The third kappa shape index (κ3) is 4.77. The first-order valence-electron chi connectivity index (χ1n) is 7.24. The zero-order chi connectivity index (χ0) is 12.1. The van der Waals surface area contributed by atoms with Crippen LogP contribution < -0.4 is 10.6 Å². The van der Waals surface area contributed by atoms with E-state index < -0.39 is 0 Å². The van der Waals surface area contributed by atoms with Gasteiger partial charge in [0.15, 0.2) is 0 Å². The van der Waals surface area contributed by atoms with E-state index in [-0.39, 0.29) is 24.2 Å². The van der Waals surface area contributed by atoms with E-state index in [1.165, 1.54) is 25.7 Å². The van der Waals surface area contributed by atoms with Crippen LogP contribution in [0.2, 0.25) is 0 Å². The summed E-state index contributed by atoms with van der Waals surface area (Å²) in [5, 5.41) is 6.46. The summed E-state index contributed by atoms with van der Waals surface area (Å²) in [5.41, 5.74) is 0. The number of nitrogens with one attached hydrogen (secondary N) is 2. The van der Waals surface area contributed by atoms with E-state index in [1.807, 2.05) is 0 Å². The fraction of sp³-hybridized carbons (Fsp3) is 0.929. The Kier molecular flexibility index (Phi) is 7.02. The maximum absolute atomic E-state index is 12.0. The highest BCUT2D eigenvalue weighted by Crippen LogP contribution is 2.27. The Bertz CT molecular complexity index is 246. The first-order valence-corrected chi connectivity index (χ1v) is 7.24. The highest BCUT2D eigenvalue weighted by atomic mass is 35.5. The van der Waals surface area contributed by atoms with Crippen LogP contribution in [-0.4, -0.2) is 25.5 Å². The van der Waals surface area contributed by atoms with Crippen LogP contribution in [-0.2, 0) is 4.79 Å². The van der Waals surface area contributed by atoms with Crippen LogP contribution in [0, 0.1) is 17.8 Å². The number of halogens is 1. The van der Waals surface area contributed by atoms with Gasteiger partial charge in [-0.2, -0.15) is 0 Å². The molecule has 0 bridgehead atoms. The summed E-state index contributed by atoms with van der Waals surface area (Å²) in [4.78, 5) is 12.0. The Hall–Kier alpha value is -0.280. The topological polar surface area (TPSA) is 41.1 Å². The minimum absolute atomic E-state index is 0. The molecule has 0 aromatic carbocycles. The van der Waals surface area contributed by atoms with Gasteiger partial charge in [0.1, 0.15) is 0 Å². The van der Waals surface area contributed by atoms with E-state index in [9.17, 15) is 4.79 Å². The molecule has 1 atom stereocenters. The molecule has 106 valence electrons. The molecule has 0 radical (unpaired) electrons. The molecule has 4 heteroatoms. The fourth-order valence-electron chi connectivity index (χ4n) is 3.00. The molecule has 2 aliphatic rings. The van der Waals surface area contributed by atoms with E-state index in [1.54, 1.807) is 0 Å². The number of amides is 1. The molecule has 3 nitrogen and oxygen atoms in total. The lowest BCUT2D eigenvalue weighted by Crippen LogP contribution is -2.42. The molecule has 1 amide bonds. The second kappa shape index (κ2) is 8.00. The first-order chi connectivity index (χ1) is 8.25. The monoisotopic (exact) mass is 274 g/mol. The number of hydrogen-bond acceptors (Lipinski definition) is 2. The van der Waals surface area contributed by atoms with Crippen molar-refractivity contribution < 1.29 is 4.79 Å². The van der Waals surface area contributed by atoms with Crippen LogP contribution in [0.1, 0.15) is 45.4 Å². The zero-order valence-electron chi connectivity index (χ0n) is 11.4. The minimum atomic E-state index is 0. The summed E-state index contributed by atoms with van der Waals surface area (Å²) in [7, 11) is 0. The normalized spacial score (nSPS) is 32.4. The van der Waals surface area contributed by atoms with E-state index in [4.69, 9.17) is 0 Å². The first kappa shape index (κ1) is 15.8. The average molecular weight is 275 g/mol. The molecular weight excluding hydrogens is 248 g/mol. The lowest BCUT2D eigenvalue weighted by molar-refractivity contribution is -0.125. The Morgan fingerprint density at radius 2 is 1.94 bits per heavy atom. The molecule has 1 saturated carbocycles. The van der Waals surface area contributed by atoms with Crippen LogP contribution in [0.25, 0.3) is 0 Å².